The molecule has 0 aromatic heterocycles. The number of anilines is 1. The Bertz CT molecular complexity index is 546. The van der Waals surface area contributed by atoms with Crippen LogP contribution in [0.3, 0.4) is 0 Å². The number of para-hydroxylation sites is 1. The fourth-order valence-corrected chi connectivity index (χ4v) is 1.53. The normalized spacial score (nSPS) is 10.3. The first-order chi connectivity index (χ1) is 9.18. The van der Waals surface area contributed by atoms with Crippen LogP contribution in [0.25, 0.3) is 0 Å². The van der Waals surface area contributed by atoms with Gasteiger partial charge in [-0.05, 0) is 24.3 Å². The van der Waals surface area contributed by atoms with Gasteiger partial charge in [-0.3, -0.25) is 0 Å². The summed E-state index contributed by atoms with van der Waals surface area (Å²) >= 11 is 0. The average molecular weight is 267 g/mol. The van der Waals surface area contributed by atoms with Crippen LogP contribution >= 0.6 is 0 Å². The fraction of sp³-hybridized carbons (Fsp3) is 0.143. The standard InChI is InChI=1S/C14H12F3NO/c15-11-6-7-12(14(17)13(11)16)18-8-9-19-10-4-2-1-3-5-10/h1-7,18H,8-9H2. The maximum Gasteiger partial charge on any atom is 0.196 e. The van der Waals surface area contributed by atoms with Crippen LogP contribution in [0.1, 0.15) is 0 Å². The van der Waals surface area contributed by atoms with Gasteiger partial charge in [0.2, 0.25) is 0 Å². The predicted octanol–water partition coefficient (Wildman–Crippen LogP) is 3.59. The van der Waals surface area contributed by atoms with Crippen LogP contribution < -0.4 is 10.1 Å². The molecule has 0 spiro atoms. The van der Waals surface area contributed by atoms with Crippen LogP contribution in [-0.4, -0.2) is 13.2 Å². The van der Waals surface area contributed by atoms with Crippen molar-refractivity contribution in [1.29, 1.82) is 0 Å². The highest BCUT2D eigenvalue weighted by atomic mass is 19.2. The van der Waals surface area contributed by atoms with Crippen LogP contribution in [0, 0.1) is 17.5 Å². The Balaban J connectivity index is 1.85. The van der Waals surface area contributed by atoms with Crippen molar-refractivity contribution < 1.29 is 17.9 Å². The molecule has 0 radical (unpaired) electrons. The Morgan fingerprint density at radius 3 is 2.37 bits per heavy atom. The number of benzene rings is 2. The van der Waals surface area contributed by atoms with E-state index in [1.54, 1.807) is 12.1 Å². The largest absolute Gasteiger partial charge is 0.492 e. The lowest BCUT2D eigenvalue weighted by molar-refractivity contribution is 0.332. The Hall–Kier alpha value is -2.17. The number of rotatable bonds is 5. The second kappa shape index (κ2) is 6.13. The minimum absolute atomic E-state index is 0.0874. The first kappa shape index (κ1) is 13.3. The molecule has 0 aliphatic rings. The number of hydrogen-bond donors (Lipinski definition) is 1. The smallest absolute Gasteiger partial charge is 0.196 e. The molecule has 0 heterocycles. The summed E-state index contributed by atoms with van der Waals surface area (Å²) in [5.74, 6) is -3.22. The number of nitrogens with one attached hydrogen (secondary N) is 1. The van der Waals surface area contributed by atoms with Crippen molar-refractivity contribution in [3.05, 3.63) is 59.9 Å². The monoisotopic (exact) mass is 267 g/mol. The molecular formula is C14H12F3NO. The van der Waals surface area contributed by atoms with Gasteiger partial charge in [-0.15, -0.1) is 0 Å². The van der Waals surface area contributed by atoms with Crippen molar-refractivity contribution >= 4 is 5.69 Å². The summed E-state index contributed by atoms with van der Waals surface area (Å²) in [5, 5.41) is 2.64. The van der Waals surface area contributed by atoms with Gasteiger partial charge in [0.1, 0.15) is 12.4 Å². The first-order valence-corrected chi connectivity index (χ1v) is 5.73. The number of halogens is 3. The van der Waals surface area contributed by atoms with Gasteiger partial charge in [-0.25, -0.2) is 13.2 Å². The summed E-state index contributed by atoms with van der Waals surface area (Å²) < 4.78 is 44.3. The Labute approximate surface area is 108 Å². The van der Waals surface area contributed by atoms with Gasteiger partial charge in [0.05, 0.1) is 5.69 Å². The fourth-order valence-electron chi connectivity index (χ4n) is 1.53. The van der Waals surface area contributed by atoms with E-state index in [2.05, 4.69) is 5.32 Å². The highest BCUT2D eigenvalue weighted by Crippen LogP contribution is 2.19. The van der Waals surface area contributed by atoms with E-state index in [0.29, 0.717) is 5.75 Å². The maximum atomic E-state index is 13.3. The number of hydrogen-bond acceptors (Lipinski definition) is 2. The van der Waals surface area contributed by atoms with Crippen LogP contribution in [0.5, 0.6) is 5.75 Å². The molecule has 1 N–H and O–H groups in total. The van der Waals surface area contributed by atoms with E-state index in [1.807, 2.05) is 18.2 Å². The third kappa shape index (κ3) is 3.40. The third-order valence-corrected chi connectivity index (χ3v) is 2.46. The summed E-state index contributed by atoms with van der Waals surface area (Å²) in [6.07, 6.45) is 0. The van der Waals surface area contributed by atoms with Gasteiger partial charge in [-0.1, -0.05) is 18.2 Å². The van der Waals surface area contributed by atoms with Crippen molar-refractivity contribution in [3.63, 3.8) is 0 Å². The zero-order valence-corrected chi connectivity index (χ0v) is 10.00. The van der Waals surface area contributed by atoms with Crippen LogP contribution in [0.15, 0.2) is 42.5 Å². The highest BCUT2D eigenvalue weighted by Gasteiger charge is 2.12. The molecule has 0 fully saturated rings. The van der Waals surface area contributed by atoms with Gasteiger partial charge in [0, 0.05) is 6.54 Å². The molecule has 0 aliphatic heterocycles. The molecule has 100 valence electrons. The molecule has 0 bridgehead atoms. The van der Waals surface area contributed by atoms with Crippen molar-refractivity contribution in [1.82, 2.24) is 0 Å². The molecular weight excluding hydrogens is 255 g/mol. The molecule has 0 unspecified atom stereocenters. The highest BCUT2D eigenvalue weighted by molar-refractivity contribution is 5.45. The molecule has 0 aliphatic carbocycles. The predicted molar refractivity (Wildman–Crippen MR) is 66.7 cm³/mol. The minimum Gasteiger partial charge on any atom is -0.492 e. The van der Waals surface area contributed by atoms with Crippen LogP contribution in [0.4, 0.5) is 18.9 Å². The molecule has 2 aromatic rings. The lowest BCUT2D eigenvalue weighted by Crippen LogP contribution is -2.13. The van der Waals surface area contributed by atoms with E-state index in [0.717, 1.165) is 12.1 Å². The molecule has 2 nitrogen and oxygen atoms in total. The molecule has 0 amide bonds. The number of ether oxygens (including phenoxy) is 1. The van der Waals surface area contributed by atoms with Crippen LogP contribution in [-0.2, 0) is 0 Å². The topological polar surface area (TPSA) is 21.3 Å². The van der Waals surface area contributed by atoms with Gasteiger partial charge < -0.3 is 10.1 Å². The van der Waals surface area contributed by atoms with Gasteiger partial charge in [0.25, 0.3) is 0 Å². The van der Waals surface area contributed by atoms with E-state index in [9.17, 15) is 13.2 Å². The van der Waals surface area contributed by atoms with Crippen molar-refractivity contribution in [2.75, 3.05) is 18.5 Å². The lowest BCUT2D eigenvalue weighted by atomic mass is 10.3. The summed E-state index contributed by atoms with van der Waals surface area (Å²) in [6.45, 7) is 0.555. The molecule has 2 aromatic carbocycles. The molecule has 0 atom stereocenters. The van der Waals surface area contributed by atoms with E-state index < -0.39 is 17.5 Å². The Morgan fingerprint density at radius 2 is 1.63 bits per heavy atom. The van der Waals surface area contributed by atoms with E-state index in [1.165, 1.54) is 0 Å². The average Bonchev–Trinajstić information content (AvgIpc) is 2.44. The molecule has 5 heteroatoms. The SMILES string of the molecule is Fc1ccc(NCCOc2ccccc2)c(F)c1F. The summed E-state index contributed by atoms with van der Waals surface area (Å²) in [6, 6.07) is 11.1. The zero-order valence-electron chi connectivity index (χ0n) is 10.00. The van der Waals surface area contributed by atoms with E-state index in [4.69, 9.17) is 4.74 Å². The maximum absolute atomic E-state index is 13.3. The molecule has 19 heavy (non-hydrogen) atoms. The molecule has 0 saturated carbocycles. The van der Waals surface area contributed by atoms with E-state index >= 15 is 0 Å². The Morgan fingerprint density at radius 1 is 0.895 bits per heavy atom. The third-order valence-electron chi connectivity index (χ3n) is 2.46. The zero-order chi connectivity index (χ0) is 13.7. The minimum atomic E-state index is -1.48. The Kier molecular flexibility index (Phi) is 4.28. The molecule has 2 rings (SSSR count). The van der Waals surface area contributed by atoms with Gasteiger partial charge in [0.15, 0.2) is 17.5 Å². The van der Waals surface area contributed by atoms with Crippen molar-refractivity contribution in [3.8, 4) is 5.75 Å². The van der Waals surface area contributed by atoms with Gasteiger partial charge in [-0.2, -0.15) is 0 Å². The first-order valence-electron chi connectivity index (χ1n) is 5.73. The summed E-state index contributed by atoms with van der Waals surface area (Å²) in [4.78, 5) is 0. The lowest BCUT2D eigenvalue weighted by Gasteiger charge is -2.09. The van der Waals surface area contributed by atoms with Gasteiger partial charge >= 0.3 is 0 Å². The van der Waals surface area contributed by atoms with Crippen molar-refractivity contribution in [2.24, 2.45) is 0 Å². The van der Waals surface area contributed by atoms with Crippen molar-refractivity contribution in [2.45, 2.75) is 0 Å². The summed E-state index contributed by atoms with van der Waals surface area (Å²) in [5.41, 5.74) is -0.0874. The summed E-state index contributed by atoms with van der Waals surface area (Å²) in [7, 11) is 0. The quantitative estimate of drug-likeness (QED) is 0.660. The van der Waals surface area contributed by atoms with Crippen LogP contribution in [0.2, 0.25) is 0 Å². The second-order valence-electron chi connectivity index (χ2n) is 3.81. The second-order valence-corrected chi connectivity index (χ2v) is 3.81. The molecule has 0 saturated heterocycles. The van der Waals surface area contributed by atoms with E-state index in [-0.39, 0.29) is 18.8 Å².